The van der Waals surface area contributed by atoms with Gasteiger partial charge >= 0.3 is 0 Å². The molecule has 4 aromatic rings. The summed E-state index contributed by atoms with van der Waals surface area (Å²) < 4.78 is 8.98. The van der Waals surface area contributed by atoms with Crippen molar-refractivity contribution in [3.63, 3.8) is 0 Å². The molecule has 2 saturated carbocycles. The molecule has 5 heterocycles. The summed E-state index contributed by atoms with van der Waals surface area (Å²) in [6.45, 7) is 14.1. The molecule has 1 amide bonds. The van der Waals surface area contributed by atoms with Crippen LogP contribution in [0.4, 0.5) is 11.6 Å². The van der Waals surface area contributed by atoms with Crippen LogP contribution in [-0.4, -0.2) is 56.2 Å². The van der Waals surface area contributed by atoms with Crippen molar-refractivity contribution < 1.29 is 9.22 Å². The Balaban J connectivity index is 1.14. The predicted molar refractivity (Wildman–Crippen MR) is 172 cm³/mol. The van der Waals surface area contributed by atoms with Crippen LogP contribution in [0.1, 0.15) is 86.8 Å². The third-order valence-electron chi connectivity index (χ3n) is 9.91. The van der Waals surface area contributed by atoms with Crippen LogP contribution in [0.25, 0.3) is 5.78 Å². The zero-order valence-corrected chi connectivity index (χ0v) is 27.5. The summed E-state index contributed by atoms with van der Waals surface area (Å²) in [5.74, 6) is 2.59. The number of hydrogen-bond acceptors (Lipinski definition) is 8. The number of amides is 1. The molecule has 1 N–H and O–H groups in total. The van der Waals surface area contributed by atoms with Crippen molar-refractivity contribution in [2.75, 3.05) is 16.8 Å². The Morgan fingerprint density at radius 1 is 1.05 bits per heavy atom. The van der Waals surface area contributed by atoms with E-state index in [1.165, 1.54) is 24.7 Å². The van der Waals surface area contributed by atoms with Crippen LogP contribution in [0.5, 0.6) is 0 Å². The summed E-state index contributed by atoms with van der Waals surface area (Å²) in [5, 5.41) is 3.15. The minimum atomic E-state index is -2.01. The van der Waals surface area contributed by atoms with Gasteiger partial charge in [-0.15, -0.1) is 0 Å². The summed E-state index contributed by atoms with van der Waals surface area (Å²) in [6, 6.07) is 5.87. The summed E-state index contributed by atoms with van der Waals surface area (Å²) in [4.78, 5) is 38.7. The van der Waals surface area contributed by atoms with Crippen molar-refractivity contribution in [3.05, 3.63) is 71.8 Å². The third-order valence-corrected chi connectivity index (χ3v) is 14.4. The first-order valence-corrected chi connectivity index (χ1v) is 18.7. The van der Waals surface area contributed by atoms with Crippen LogP contribution in [0, 0.1) is 12.8 Å². The van der Waals surface area contributed by atoms with E-state index in [-0.39, 0.29) is 34.9 Å². The molecule has 0 aromatic carbocycles. The van der Waals surface area contributed by atoms with E-state index in [1.807, 2.05) is 31.5 Å². The van der Waals surface area contributed by atoms with Gasteiger partial charge in [0, 0.05) is 61.3 Å². The van der Waals surface area contributed by atoms with Crippen molar-refractivity contribution in [2.24, 2.45) is 5.92 Å². The number of nitrogens with zero attached hydrogens (tertiary/aromatic N) is 7. The minimum absolute atomic E-state index is 0.0297. The normalized spacial score (nSPS) is 23.7. The van der Waals surface area contributed by atoms with E-state index >= 15 is 0 Å². The summed E-state index contributed by atoms with van der Waals surface area (Å²) in [5.41, 5.74) is 4.35. The number of anilines is 2. The molecule has 0 bridgehead atoms. The molecule has 44 heavy (non-hydrogen) atoms. The lowest BCUT2D eigenvalue weighted by Gasteiger charge is -2.38. The Morgan fingerprint density at radius 2 is 1.86 bits per heavy atom. The monoisotopic (exact) mass is 610 g/mol. The van der Waals surface area contributed by atoms with Gasteiger partial charge in [0.2, 0.25) is 11.7 Å². The molecular formula is C33H42N8O2Si. The second-order valence-corrected chi connectivity index (χ2v) is 19.2. The number of rotatable bonds is 8. The Bertz CT molecular complexity index is 1710. The second-order valence-electron chi connectivity index (χ2n) is 14.4. The SMILES string of the molecule is Cc1ccnc([C@H]2C[C@@H]2C(=O)Nc2cc(N3C[C@@H](O[Si](C)(C)C(C)(C)C)C[C@@H]3c3cn4cc(C5CC5)cnc4n3)ncn2)c1. The molecule has 10 nitrogen and oxygen atoms in total. The number of carbonyl (C=O) groups is 1. The van der Waals surface area contributed by atoms with Crippen molar-refractivity contribution >= 4 is 31.6 Å². The van der Waals surface area contributed by atoms with Crippen molar-refractivity contribution in [3.8, 4) is 0 Å². The van der Waals surface area contributed by atoms with Crippen LogP contribution in [0.2, 0.25) is 18.1 Å². The molecule has 7 rings (SSSR count). The first-order valence-electron chi connectivity index (χ1n) is 15.8. The van der Waals surface area contributed by atoms with Gasteiger partial charge in [0.05, 0.1) is 17.8 Å². The van der Waals surface area contributed by atoms with Crippen molar-refractivity contribution in [1.29, 1.82) is 0 Å². The van der Waals surface area contributed by atoms with Gasteiger partial charge in [0.15, 0.2) is 8.32 Å². The zero-order chi connectivity index (χ0) is 30.8. The van der Waals surface area contributed by atoms with Crippen molar-refractivity contribution in [1.82, 2.24) is 29.3 Å². The molecule has 4 atom stereocenters. The largest absolute Gasteiger partial charge is 0.412 e. The lowest BCUT2D eigenvalue weighted by atomic mass is 10.1. The number of carbonyl (C=O) groups excluding carboxylic acids is 1. The van der Waals surface area contributed by atoms with Crippen LogP contribution in [-0.2, 0) is 9.22 Å². The highest BCUT2D eigenvalue weighted by Gasteiger charge is 2.46. The van der Waals surface area contributed by atoms with E-state index in [4.69, 9.17) is 9.41 Å². The molecule has 1 aliphatic heterocycles. The standard InChI is InChI=1S/C33H42N8O2Si/c1-20-9-10-34-26(11-20)24-13-25(24)31(42)39-29-14-30(37-19-36-29)41-17-23(43-44(5,6)33(2,3)4)12-28(41)27-18-40-16-22(21-7-8-21)15-35-32(40)38-27/h9-11,14-16,18-19,21,23-25,28H,7-8,12-13,17H2,1-6H3,(H,36,37,39,42)/t23-,24-,25-,28+/m0/s1. The van der Waals surface area contributed by atoms with Gasteiger partial charge in [-0.2, -0.15) is 0 Å². The fourth-order valence-electron chi connectivity index (χ4n) is 6.08. The number of aromatic nitrogens is 6. The van der Waals surface area contributed by atoms with Gasteiger partial charge in [-0.3, -0.25) is 14.2 Å². The van der Waals surface area contributed by atoms with E-state index in [0.717, 1.165) is 35.6 Å². The fourth-order valence-corrected chi connectivity index (χ4v) is 7.44. The van der Waals surface area contributed by atoms with Crippen molar-refractivity contribution in [2.45, 2.75) is 95.5 Å². The lowest BCUT2D eigenvalue weighted by molar-refractivity contribution is -0.117. The van der Waals surface area contributed by atoms with Gasteiger partial charge in [0.1, 0.15) is 18.0 Å². The molecule has 4 aromatic heterocycles. The molecule has 230 valence electrons. The van der Waals surface area contributed by atoms with E-state index in [9.17, 15) is 4.79 Å². The van der Waals surface area contributed by atoms with E-state index in [1.54, 1.807) is 0 Å². The topological polar surface area (TPSA) is 110 Å². The Labute approximate surface area is 259 Å². The summed E-state index contributed by atoms with van der Waals surface area (Å²) in [7, 11) is -2.01. The summed E-state index contributed by atoms with van der Waals surface area (Å²) in [6.07, 6.45) is 13.7. The molecule has 0 spiro atoms. The fraction of sp³-hybridized carbons (Fsp3) is 0.515. The van der Waals surface area contributed by atoms with Gasteiger partial charge in [-0.1, -0.05) is 20.8 Å². The molecule has 3 fully saturated rings. The first kappa shape index (κ1) is 29.0. The maximum Gasteiger partial charge on any atom is 0.234 e. The van der Waals surface area contributed by atoms with Crippen LogP contribution >= 0.6 is 0 Å². The Morgan fingerprint density at radius 3 is 2.61 bits per heavy atom. The molecule has 0 radical (unpaired) electrons. The smallest absolute Gasteiger partial charge is 0.234 e. The van der Waals surface area contributed by atoms with Gasteiger partial charge in [0.25, 0.3) is 0 Å². The average Bonchev–Trinajstić information content (AvgIpc) is 3.89. The number of nitrogens with one attached hydrogen (secondary N) is 1. The Hall–Kier alpha value is -3.70. The van der Waals surface area contributed by atoms with E-state index in [2.05, 4.69) is 86.9 Å². The van der Waals surface area contributed by atoms with E-state index < -0.39 is 8.32 Å². The van der Waals surface area contributed by atoms with E-state index in [0.29, 0.717) is 24.1 Å². The molecule has 11 heteroatoms. The average molecular weight is 611 g/mol. The number of hydrogen-bond donors (Lipinski definition) is 1. The zero-order valence-electron chi connectivity index (χ0n) is 26.5. The highest BCUT2D eigenvalue weighted by Crippen LogP contribution is 2.47. The molecular weight excluding hydrogens is 569 g/mol. The van der Waals surface area contributed by atoms with Gasteiger partial charge in [-0.25, -0.2) is 19.9 Å². The van der Waals surface area contributed by atoms with Crippen LogP contribution in [0.15, 0.2) is 49.3 Å². The third kappa shape index (κ3) is 5.74. The second kappa shape index (κ2) is 10.7. The number of pyridine rings is 1. The molecule has 3 aliphatic rings. The molecule has 1 saturated heterocycles. The maximum absolute atomic E-state index is 13.2. The maximum atomic E-state index is 13.2. The van der Waals surface area contributed by atoms with Gasteiger partial charge < -0.3 is 14.6 Å². The number of aryl methyl sites for hydroxylation is 1. The highest BCUT2D eigenvalue weighted by molar-refractivity contribution is 6.74. The van der Waals surface area contributed by atoms with Gasteiger partial charge in [-0.05, 0) is 73.5 Å². The lowest BCUT2D eigenvalue weighted by Crippen LogP contribution is -2.44. The number of imidazole rings is 1. The Kier molecular flexibility index (Phi) is 7.08. The quantitative estimate of drug-likeness (QED) is 0.235. The predicted octanol–water partition coefficient (Wildman–Crippen LogP) is 6.18. The first-order chi connectivity index (χ1) is 20.9. The summed E-state index contributed by atoms with van der Waals surface area (Å²) >= 11 is 0. The minimum Gasteiger partial charge on any atom is -0.412 e. The number of fused-ring (bicyclic) bond motifs is 1. The highest BCUT2D eigenvalue weighted by atomic mass is 28.4. The molecule has 0 unspecified atom stereocenters. The van der Waals surface area contributed by atoms with Crippen LogP contribution in [0.3, 0.4) is 0 Å². The van der Waals surface area contributed by atoms with Crippen LogP contribution < -0.4 is 10.2 Å². The molecule has 2 aliphatic carbocycles.